The second-order valence-corrected chi connectivity index (χ2v) is 4.26. The van der Waals surface area contributed by atoms with Gasteiger partial charge in [-0.1, -0.05) is 27.0 Å². The molecule has 0 spiro atoms. The number of phenols is 4. The van der Waals surface area contributed by atoms with Crippen LogP contribution in [0.1, 0.15) is 14.9 Å². The Morgan fingerprint density at radius 2 is 0.810 bits per heavy atom. The molecule has 2 rings (SSSR count). The summed E-state index contributed by atoms with van der Waals surface area (Å²) < 4.78 is 0. The van der Waals surface area contributed by atoms with Crippen LogP contribution in [0.15, 0.2) is 48.5 Å². The van der Waals surface area contributed by atoms with Crippen LogP contribution in [0.3, 0.4) is 0 Å². The Bertz CT molecular complexity index is 397. The quantitative estimate of drug-likeness (QED) is 0.578. The summed E-state index contributed by atoms with van der Waals surface area (Å²) in [6.45, 7) is 0. The third kappa shape index (κ3) is 14.2. The Labute approximate surface area is 131 Å². The molecule has 0 bridgehead atoms. The van der Waals surface area contributed by atoms with Gasteiger partial charge in [-0.15, -0.1) is 0 Å². The van der Waals surface area contributed by atoms with E-state index in [0.717, 1.165) is 0 Å². The van der Waals surface area contributed by atoms with Crippen molar-refractivity contribution < 1.29 is 20.4 Å². The fourth-order valence-corrected chi connectivity index (χ4v) is 0.986. The first-order valence-corrected chi connectivity index (χ1v) is 6.99. The lowest BCUT2D eigenvalue weighted by Crippen LogP contribution is -1.61. The van der Waals surface area contributed by atoms with Crippen molar-refractivity contribution in [1.82, 2.24) is 0 Å². The highest BCUT2D eigenvalue weighted by Gasteiger charge is 1.86. The molecule has 0 amide bonds. The van der Waals surface area contributed by atoms with E-state index in [2.05, 4.69) is 0 Å². The molecular weight excluding hydrogens is 288 g/mol. The van der Waals surface area contributed by atoms with Crippen molar-refractivity contribution in [3.63, 3.8) is 0 Å². The van der Waals surface area contributed by atoms with Gasteiger partial charge in [0.25, 0.3) is 0 Å². The minimum absolute atomic E-state index is 0. The topological polar surface area (TPSA) is 80.9 Å². The molecule has 21 heavy (non-hydrogen) atoms. The van der Waals surface area contributed by atoms with Gasteiger partial charge in [0.05, 0.1) is 0 Å². The van der Waals surface area contributed by atoms with Crippen LogP contribution in [0.2, 0.25) is 0 Å². The van der Waals surface area contributed by atoms with E-state index in [1.54, 1.807) is 23.9 Å². The number of hydrogen-bond acceptors (Lipinski definition) is 5. The molecule has 0 radical (unpaired) electrons. The van der Waals surface area contributed by atoms with Crippen LogP contribution < -0.4 is 0 Å². The van der Waals surface area contributed by atoms with Crippen molar-refractivity contribution in [3.05, 3.63) is 48.5 Å². The maximum absolute atomic E-state index is 8.65. The second kappa shape index (κ2) is 14.4. The van der Waals surface area contributed by atoms with Crippen molar-refractivity contribution >= 4 is 11.8 Å². The second-order valence-electron chi connectivity index (χ2n) is 3.45. The SMILES string of the molecule is C.C.CSC.Oc1cccc(O)c1.Oc1cccc(O)c1. The van der Waals surface area contributed by atoms with E-state index in [-0.39, 0.29) is 37.9 Å². The average Bonchev–Trinajstić information content (AvgIpc) is 2.30. The molecule has 2 aromatic rings. The van der Waals surface area contributed by atoms with Gasteiger partial charge in [0.15, 0.2) is 0 Å². The van der Waals surface area contributed by atoms with Crippen molar-refractivity contribution in [2.24, 2.45) is 0 Å². The molecule has 0 aliphatic heterocycles. The summed E-state index contributed by atoms with van der Waals surface area (Å²) in [6, 6.07) is 11.7. The maximum atomic E-state index is 8.65. The Kier molecular flexibility index (Phi) is 16.5. The highest BCUT2D eigenvalue weighted by molar-refractivity contribution is 7.97. The first-order valence-electron chi connectivity index (χ1n) is 5.35. The molecule has 0 saturated heterocycles. The minimum Gasteiger partial charge on any atom is -0.508 e. The lowest BCUT2D eigenvalue weighted by atomic mass is 10.3. The van der Waals surface area contributed by atoms with Gasteiger partial charge < -0.3 is 20.4 Å². The van der Waals surface area contributed by atoms with Gasteiger partial charge >= 0.3 is 0 Å². The highest BCUT2D eigenvalue weighted by atomic mass is 32.2. The fourth-order valence-electron chi connectivity index (χ4n) is 0.986. The van der Waals surface area contributed by atoms with E-state index < -0.39 is 0 Å². The minimum atomic E-state index is 0. The van der Waals surface area contributed by atoms with E-state index in [1.165, 1.54) is 36.4 Å². The number of rotatable bonds is 0. The average molecular weight is 314 g/mol. The van der Waals surface area contributed by atoms with Crippen molar-refractivity contribution in [3.8, 4) is 23.0 Å². The maximum Gasteiger partial charge on any atom is 0.119 e. The largest absolute Gasteiger partial charge is 0.508 e. The number of hydrogen-bond donors (Lipinski definition) is 4. The molecular formula is C16H26O4S. The van der Waals surface area contributed by atoms with Crippen LogP contribution in [-0.4, -0.2) is 32.9 Å². The number of benzene rings is 2. The van der Waals surface area contributed by atoms with Gasteiger partial charge in [0.1, 0.15) is 23.0 Å². The molecule has 0 heterocycles. The van der Waals surface area contributed by atoms with Crippen molar-refractivity contribution in [2.75, 3.05) is 12.5 Å². The molecule has 0 aliphatic rings. The number of phenolic OH excluding ortho intramolecular Hbond substituents is 4. The van der Waals surface area contributed by atoms with Crippen LogP contribution in [0, 0.1) is 0 Å². The van der Waals surface area contributed by atoms with E-state index in [9.17, 15) is 0 Å². The van der Waals surface area contributed by atoms with E-state index in [0.29, 0.717) is 0 Å². The zero-order chi connectivity index (χ0) is 14.7. The number of aromatic hydroxyl groups is 4. The van der Waals surface area contributed by atoms with Crippen LogP contribution in [-0.2, 0) is 0 Å². The van der Waals surface area contributed by atoms with E-state index in [4.69, 9.17) is 20.4 Å². The Morgan fingerprint density at radius 3 is 0.905 bits per heavy atom. The Balaban J connectivity index is -0.000000242. The van der Waals surface area contributed by atoms with Gasteiger partial charge in [-0.25, -0.2) is 0 Å². The molecule has 0 atom stereocenters. The van der Waals surface area contributed by atoms with Gasteiger partial charge in [-0.3, -0.25) is 0 Å². The standard InChI is InChI=1S/2C6H6O2.C2H6S.2CH4/c2*7-5-2-1-3-6(8)4-5;1-3-2;;/h2*1-4,7-8H;1-2H3;2*1H4. The first-order chi connectivity index (χ1) is 8.99. The van der Waals surface area contributed by atoms with Crippen LogP contribution in [0.4, 0.5) is 0 Å². The third-order valence-corrected chi connectivity index (χ3v) is 1.66. The van der Waals surface area contributed by atoms with Crippen LogP contribution in [0.25, 0.3) is 0 Å². The van der Waals surface area contributed by atoms with E-state index in [1.807, 2.05) is 12.5 Å². The molecule has 5 heteroatoms. The Morgan fingerprint density at radius 1 is 0.619 bits per heavy atom. The van der Waals surface area contributed by atoms with Gasteiger partial charge in [0, 0.05) is 12.1 Å². The molecule has 4 N–H and O–H groups in total. The summed E-state index contributed by atoms with van der Waals surface area (Å²) in [7, 11) is 0. The molecule has 4 nitrogen and oxygen atoms in total. The zero-order valence-electron chi connectivity index (χ0n) is 10.8. The van der Waals surface area contributed by atoms with Crippen molar-refractivity contribution in [2.45, 2.75) is 14.9 Å². The van der Waals surface area contributed by atoms with Gasteiger partial charge in [-0.05, 0) is 36.8 Å². The summed E-state index contributed by atoms with van der Waals surface area (Å²) >= 11 is 1.75. The monoisotopic (exact) mass is 314 g/mol. The normalized spacial score (nSPS) is 7.71. The molecule has 0 fully saturated rings. The smallest absolute Gasteiger partial charge is 0.119 e. The third-order valence-electron chi connectivity index (χ3n) is 1.66. The lowest BCUT2D eigenvalue weighted by Gasteiger charge is -1.89. The molecule has 2 aromatic carbocycles. The zero-order valence-corrected chi connectivity index (χ0v) is 11.6. The summed E-state index contributed by atoms with van der Waals surface area (Å²) in [5, 5.41) is 34.6. The fraction of sp³-hybridized carbons (Fsp3) is 0.250. The molecule has 120 valence electrons. The van der Waals surface area contributed by atoms with Crippen LogP contribution in [0.5, 0.6) is 23.0 Å². The number of thioether (sulfide) groups is 1. The van der Waals surface area contributed by atoms with Gasteiger partial charge in [0.2, 0.25) is 0 Å². The molecule has 0 saturated carbocycles. The van der Waals surface area contributed by atoms with Gasteiger partial charge in [-0.2, -0.15) is 11.8 Å². The molecule has 0 aromatic heterocycles. The molecule has 0 aliphatic carbocycles. The predicted octanol–water partition coefficient (Wildman–Crippen LogP) is 4.45. The summed E-state index contributed by atoms with van der Waals surface area (Å²) in [5.41, 5.74) is 0. The summed E-state index contributed by atoms with van der Waals surface area (Å²) in [4.78, 5) is 0. The van der Waals surface area contributed by atoms with Crippen LogP contribution >= 0.6 is 11.8 Å². The van der Waals surface area contributed by atoms with Crippen molar-refractivity contribution in [1.29, 1.82) is 0 Å². The predicted molar refractivity (Wildman–Crippen MR) is 92.4 cm³/mol. The van der Waals surface area contributed by atoms with E-state index >= 15 is 0 Å². The summed E-state index contributed by atoms with van der Waals surface area (Å²) in [6.07, 6.45) is 4.08. The first kappa shape index (κ1) is 24.0. The Hall–Kier alpha value is -2.01. The molecule has 0 unspecified atom stereocenters. The lowest BCUT2D eigenvalue weighted by molar-refractivity contribution is 0.449. The summed E-state index contributed by atoms with van der Waals surface area (Å²) in [5.74, 6) is 0.352. The highest BCUT2D eigenvalue weighted by Crippen LogP contribution is 2.15.